The molecule has 0 bridgehead atoms. The Hall–Kier alpha value is -0.780. The minimum Gasteiger partial charge on any atom is -0.332 e. The van der Waals surface area contributed by atoms with Crippen LogP contribution in [0.1, 0.15) is 19.8 Å². The number of hydrogen-bond donors (Lipinski definition) is 1. The van der Waals surface area contributed by atoms with E-state index in [1.54, 1.807) is 0 Å². The van der Waals surface area contributed by atoms with Gasteiger partial charge < -0.3 is 10.6 Å². The fourth-order valence-corrected chi connectivity index (χ4v) is 0.986. The Bertz CT molecular complexity index is 182. The fraction of sp³-hybridized carbons (Fsp3) is 0.875. The molecule has 0 unspecified atom stereocenters. The maximum atomic E-state index is 12.0. The van der Waals surface area contributed by atoms with Crippen molar-refractivity contribution in [2.24, 2.45) is 5.73 Å². The second kappa shape index (κ2) is 5.85. The first-order valence-corrected chi connectivity index (χ1v) is 4.45. The van der Waals surface area contributed by atoms with Gasteiger partial charge in [-0.05, 0) is 6.42 Å². The minimum atomic E-state index is -4.35. The summed E-state index contributed by atoms with van der Waals surface area (Å²) in [6, 6.07) is 0. The quantitative estimate of drug-likeness (QED) is 0.742. The molecule has 0 aromatic rings. The van der Waals surface area contributed by atoms with Crippen molar-refractivity contribution in [3.05, 3.63) is 0 Å². The highest BCUT2D eigenvalue weighted by atomic mass is 19.4. The van der Waals surface area contributed by atoms with Gasteiger partial charge in [0.2, 0.25) is 5.91 Å². The van der Waals surface area contributed by atoms with Gasteiger partial charge in [-0.2, -0.15) is 13.2 Å². The van der Waals surface area contributed by atoms with E-state index in [4.69, 9.17) is 5.73 Å². The molecule has 0 heterocycles. The SMILES string of the molecule is CCCCN(CC(F)(F)F)C(=O)CN. The molecule has 14 heavy (non-hydrogen) atoms. The average molecular weight is 212 g/mol. The van der Waals surface area contributed by atoms with Gasteiger partial charge >= 0.3 is 6.18 Å². The van der Waals surface area contributed by atoms with Crippen LogP contribution in [0.15, 0.2) is 0 Å². The Kier molecular flexibility index (Phi) is 5.52. The second-order valence-corrected chi connectivity index (χ2v) is 2.99. The Morgan fingerprint density at radius 3 is 2.36 bits per heavy atom. The van der Waals surface area contributed by atoms with Crippen molar-refractivity contribution in [1.29, 1.82) is 0 Å². The van der Waals surface area contributed by atoms with Crippen molar-refractivity contribution in [2.75, 3.05) is 19.6 Å². The summed E-state index contributed by atoms with van der Waals surface area (Å²) >= 11 is 0. The van der Waals surface area contributed by atoms with Crippen LogP contribution in [0, 0.1) is 0 Å². The van der Waals surface area contributed by atoms with Crippen LogP contribution in [0.5, 0.6) is 0 Å². The molecule has 2 N–H and O–H groups in total. The molecule has 0 fully saturated rings. The van der Waals surface area contributed by atoms with Gasteiger partial charge in [0, 0.05) is 6.54 Å². The summed E-state index contributed by atoms with van der Waals surface area (Å²) in [6.07, 6.45) is -3.05. The van der Waals surface area contributed by atoms with Crippen molar-refractivity contribution < 1.29 is 18.0 Å². The van der Waals surface area contributed by atoms with Crippen LogP contribution < -0.4 is 5.73 Å². The summed E-state index contributed by atoms with van der Waals surface area (Å²) in [5, 5.41) is 0. The summed E-state index contributed by atoms with van der Waals surface area (Å²) in [4.78, 5) is 11.7. The van der Waals surface area contributed by atoms with Crippen LogP contribution in [-0.2, 0) is 4.79 Å². The van der Waals surface area contributed by atoms with Gasteiger partial charge in [-0.25, -0.2) is 0 Å². The van der Waals surface area contributed by atoms with Gasteiger partial charge in [-0.1, -0.05) is 13.3 Å². The molecule has 0 aromatic carbocycles. The second-order valence-electron chi connectivity index (χ2n) is 2.99. The molecule has 0 radical (unpaired) electrons. The van der Waals surface area contributed by atoms with E-state index < -0.39 is 18.6 Å². The normalized spacial score (nSPS) is 11.5. The van der Waals surface area contributed by atoms with Crippen molar-refractivity contribution >= 4 is 5.91 Å². The van der Waals surface area contributed by atoms with E-state index in [1.807, 2.05) is 6.92 Å². The number of nitrogens with two attached hydrogens (primary N) is 1. The monoisotopic (exact) mass is 212 g/mol. The predicted octanol–water partition coefficient (Wildman–Crippen LogP) is 1.14. The third-order valence-electron chi connectivity index (χ3n) is 1.68. The highest BCUT2D eigenvalue weighted by Crippen LogP contribution is 2.16. The molecule has 0 aliphatic carbocycles. The van der Waals surface area contributed by atoms with E-state index in [0.717, 1.165) is 11.3 Å². The van der Waals surface area contributed by atoms with Crippen molar-refractivity contribution in [3.63, 3.8) is 0 Å². The Morgan fingerprint density at radius 2 is 2.00 bits per heavy atom. The lowest BCUT2D eigenvalue weighted by atomic mass is 10.3. The number of unbranched alkanes of at least 4 members (excludes halogenated alkanes) is 1. The molecule has 0 atom stereocenters. The van der Waals surface area contributed by atoms with E-state index in [1.165, 1.54) is 0 Å². The Labute approximate surface area is 81.1 Å². The molecule has 0 aliphatic rings. The molecular weight excluding hydrogens is 197 g/mol. The first kappa shape index (κ1) is 13.2. The predicted molar refractivity (Wildman–Crippen MR) is 46.6 cm³/mol. The third-order valence-corrected chi connectivity index (χ3v) is 1.68. The van der Waals surface area contributed by atoms with Gasteiger partial charge in [0.25, 0.3) is 0 Å². The number of nitrogens with zero attached hydrogens (tertiary/aromatic N) is 1. The lowest BCUT2D eigenvalue weighted by Crippen LogP contribution is -2.42. The molecule has 0 saturated heterocycles. The highest BCUT2D eigenvalue weighted by Gasteiger charge is 2.32. The molecule has 6 heteroatoms. The highest BCUT2D eigenvalue weighted by molar-refractivity contribution is 5.78. The fourth-order valence-electron chi connectivity index (χ4n) is 0.986. The van der Waals surface area contributed by atoms with E-state index >= 15 is 0 Å². The summed E-state index contributed by atoms with van der Waals surface area (Å²) < 4.78 is 36.0. The number of halogens is 3. The van der Waals surface area contributed by atoms with Crippen molar-refractivity contribution in [1.82, 2.24) is 4.90 Å². The molecule has 0 saturated carbocycles. The smallest absolute Gasteiger partial charge is 0.332 e. The van der Waals surface area contributed by atoms with Gasteiger partial charge in [0.05, 0.1) is 6.54 Å². The van der Waals surface area contributed by atoms with Gasteiger partial charge in [0.1, 0.15) is 6.54 Å². The van der Waals surface area contributed by atoms with Crippen LogP contribution in [0.2, 0.25) is 0 Å². The zero-order chi connectivity index (χ0) is 11.2. The standard InChI is InChI=1S/C8H15F3N2O/c1-2-3-4-13(7(14)5-12)6-8(9,10)11/h2-6,12H2,1H3. The molecule has 84 valence electrons. The number of hydrogen-bond acceptors (Lipinski definition) is 2. The van der Waals surface area contributed by atoms with Gasteiger partial charge in [-0.15, -0.1) is 0 Å². The van der Waals surface area contributed by atoms with Crippen molar-refractivity contribution in [3.8, 4) is 0 Å². The molecule has 3 nitrogen and oxygen atoms in total. The van der Waals surface area contributed by atoms with Crippen LogP contribution in [0.4, 0.5) is 13.2 Å². The largest absolute Gasteiger partial charge is 0.406 e. The topological polar surface area (TPSA) is 46.3 Å². The van der Waals surface area contributed by atoms with Crippen LogP contribution in [0.3, 0.4) is 0 Å². The number of carbonyl (C=O) groups excluding carboxylic acids is 1. The average Bonchev–Trinajstić information content (AvgIpc) is 2.09. The summed E-state index contributed by atoms with van der Waals surface area (Å²) in [5.74, 6) is -0.657. The maximum absolute atomic E-state index is 12.0. The first-order chi connectivity index (χ1) is 6.40. The number of carbonyl (C=O) groups is 1. The Balaban J connectivity index is 4.18. The zero-order valence-corrected chi connectivity index (χ0v) is 8.10. The molecule has 1 amide bonds. The first-order valence-electron chi connectivity index (χ1n) is 4.45. The molecule has 0 aromatic heterocycles. The van der Waals surface area contributed by atoms with Crippen molar-refractivity contribution in [2.45, 2.75) is 25.9 Å². The Morgan fingerprint density at radius 1 is 1.43 bits per heavy atom. The minimum absolute atomic E-state index is 0.117. The lowest BCUT2D eigenvalue weighted by molar-refractivity contribution is -0.160. The van der Waals surface area contributed by atoms with E-state index in [9.17, 15) is 18.0 Å². The van der Waals surface area contributed by atoms with Crippen LogP contribution in [-0.4, -0.2) is 36.6 Å². The molecule has 0 aliphatic heterocycles. The summed E-state index contributed by atoms with van der Waals surface area (Å²) in [7, 11) is 0. The zero-order valence-electron chi connectivity index (χ0n) is 8.10. The number of amides is 1. The van der Waals surface area contributed by atoms with Crippen LogP contribution >= 0.6 is 0 Å². The van der Waals surface area contributed by atoms with Gasteiger partial charge in [-0.3, -0.25) is 4.79 Å². The molecule has 0 spiro atoms. The lowest BCUT2D eigenvalue weighted by Gasteiger charge is -2.23. The van der Waals surface area contributed by atoms with E-state index in [2.05, 4.69) is 0 Å². The van der Waals surface area contributed by atoms with Gasteiger partial charge in [0.15, 0.2) is 0 Å². The summed E-state index contributed by atoms with van der Waals surface area (Å²) in [6.45, 7) is 0.383. The summed E-state index contributed by atoms with van der Waals surface area (Å²) in [5.41, 5.74) is 5.00. The molecular formula is C8H15F3N2O. The number of alkyl halides is 3. The van der Waals surface area contributed by atoms with E-state index in [0.29, 0.717) is 6.42 Å². The van der Waals surface area contributed by atoms with E-state index in [-0.39, 0.29) is 13.1 Å². The third kappa shape index (κ3) is 5.80. The van der Waals surface area contributed by atoms with Crippen LogP contribution in [0.25, 0.3) is 0 Å². The molecule has 0 rings (SSSR count). The maximum Gasteiger partial charge on any atom is 0.406 e. The number of rotatable bonds is 5.